The summed E-state index contributed by atoms with van der Waals surface area (Å²) in [4.78, 5) is 29.2. The largest absolute Gasteiger partial charge is 0.336 e. The SMILES string of the molecule is Cc1cc(C)n2ncc(C(=O)N3CCN(S(=O)(=O)c4cccc([N+](=O)[O-])c4)CC3)c2n1. The van der Waals surface area contributed by atoms with Crippen molar-refractivity contribution in [2.24, 2.45) is 0 Å². The maximum atomic E-state index is 13.0. The van der Waals surface area contributed by atoms with Crippen LogP contribution in [0.1, 0.15) is 21.7 Å². The number of benzene rings is 1. The van der Waals surface area contributed by atoms with Crippen LogP contribution in [0.4, 0.5) is 5.69 Å². The monoisotopic (exact) mass is 444 g/mol. The van der Waals surface area contributed by atoms with Gasteiger partial charge in [-0.25, -0.2) is 17.9 Å². The van der Waals surface area contributed by atoms with E-state index >= 15 is 0 Å². The van der Waals surface area contributed by atoms with Crippen molar-refractivity contribution in [2.45, 2.75) is 18.7 Å². The Kier molecular flexibility index (Phi) is 5.19. The Balaban J connectivity index is 1.52. The van der Waals surface area contributed by atoms with Gasteiger partial charge >= 0.3 is 0 Å². The number of fused-ring (bicyclic) bond motifs is 1. The molecule has 0 atom stereocenters. The van der Waals surface area contributed by atoms with Crippen molar-refractivity contribution < 1.29 is 18.1 Å². The number of aromatic nitrogens is 3. The number of amides is 1. The number of non-ortho nitro benzene ring substituents is 1. The van der Waals surface area contributed by atoms with E-state index in [0.717, 1.165) is 17.5 Å². The number of rotatable bonds is 4. The number of hydrogen-bond acceptors (Lipinski definition) is 7. The fourth-order valence-corrected chi connectivity index (χ4v) is 5.09. The van der Waals surface area contributed by atoms with Crippen LogP contribution in [0.15, 0.2) is 41.4 Å². The molecule has 0 aliphatic carbocycles. The van der Waals surface area contributed by atoms with Gasteiger partial charge in [0.2, 0.25) is 10.0 Å². The maximum Gasteiger partial charge on any atom is 0.270 e. The second-order valence-corrected chi connectivity index (χ2v) is 9.22. The lowest BCUT2D eigenvalue weighted by atomic mass is 10.2. The Morgan fingerprint density at radius 3 is 2.52 bits per heavy atom. The fraction of sp³-hybridized carbons (Fsp3) is 0.316. The van der Waals surface area contributed by atoms with Crippen LogP contribution < -0.4 is 0 Å². The van der Waals surface area contributed by atoms with E-state index in [-0.39, 0.29) is 42.7 Å². The van der Waals surface area contributed by atoms with Gasteiger partial charge < -0.3 is 4.90 Å². The van der Waals surface area contributed by atoms with E-state index in [1.54, 1.807) is 9.42 Å². The van der Waals surface area contributed by atoms with Crippen molar-refractivity contribution in [1.82, 2.24) is 23.8 Å². The number of carbonyl (C=O) groups is 1. The first kappa shape index (κ1) is 20.9. The van der Waals surface area contributed by atoms with Gasteiger partial charge in [0.15, 0.2) is 5.65 Å². The topological polar surface area (TPSA) is 131 Å². The average molecular weight is 444 g/mol. The van der Waals surface area contributed by atoms with Gasteiger partial charge in [0.25, 0.3) is 11.6 Å². The number of sulfonamides is 1. The molecule has 1 aliphatic rings. The second kappa shape index (κ2) is 7.71. The lowest BCUT2D eigenvalue weighted by Gasteiger charge is -2.33. The van der Waals surface area contributed by atoms with Crippen molar-refractivity contribution in [1.29, 1.82) is 0 Å². The van der Waals surface area contributed by atoms with Gasteiger partial charge in [-0.05, 0) is 26.0 Å². The van der Waals surface area contributed by atoms with Crippen LogP contribution in [0.25, 0.3) is 5.65 Å². The zero-order chi connectivity index (χ0) is 22.3. The first-order chi connectivity index (χ1) is 14.7. The summed E-state index contributed by atoms with van der Waals surface area (Å²) in [5, 5.41) is 15.2. The maximum absolute atomic E-state index is 13.0. The third-order valence-corrected chi connectivity index (χ3v) is 7.10. The first-order valence-electron chi connectivity index (χ1n) is 9.54. The molecule has 1 aliphatic heterocycles. The molecule has 1 saturated heterocycles. The van der Waals surface area contributed by atoms with E-state index in [2.05, 4.69) is 10.1 Å². The van der Waals surface area contributed by atoms with Crippen LogP contribution in [0.3, 0.4) is 0 Å². The van der Waals surface area contributed by atoms with Crippen molar-refractivity contribution in [3.63, 3.8) is 0 Å². The number of aryl methyl sites for hydroxylation is 2. The summed E-state index contributed by atoms with van der Waals surface area (Å²) in [5.74, 6) is -0.264. The van der Waals surface area contributed by atoms with Crippen molar-refractivity contribution in [3.8, 4) is 0 Å². The molecule has 0 N–H and O–H groups in total. The lowest BCUT2D eigenvalue weighted by molar-refractivity contribution is -0.385. The summed E-state index contributed by atoms with van der Waals surface area (Å²) in [6.45, 7) is 4.26. The molecule has 1 fully saturated rings. The van der Waals surface area contributed by atoms with Crippen LogP contribution in [0, 0.1) is 24.0 Å². The molecule has 4 rings (SSSR count). The molecular weight excluding hydrogens is 424 g/mol. The molecule has 3 heterocycles. The molecule has 11 nitrogen and oxygen atoms in total. The smallest absolute Gasteiger partial charge is 0.270 e. The minimum atomic E-state index is -3.90. The van der Waals surface area contributed by atoms with Gasteiger partial charge in [-0.1, -0.05) is 6.07 Å². The molecular formula is C19H20N6O5S. The predicted molar refractivity (Wildman–Crippen MR) is 110 cm³/mol. The quantitative estimate of drug-likeness (QED) is 0.439. The van der Waals surface area contributed by atoms with Crippen molar-refractivity contribution in [3.05, 3.63) is 63.6 Å². The predicted octanol–water partition coefficient (Wildman–Crippen LogP) is 1.40. The van der Waals surface area contributed by atoms with E-state index in [9.17, 15) is 23.3 Å². The van der Waals surface area contributed by atoms with E-state index < -0.39 is 14.9 Å². The number of nitrogens with zero attached hydrogens (tertiary/aromatic N) is 6. The third kappa shape index (κ3) is 3.75. The normalized spacial score (nSPS) is 15.4. The molecule has 12 heteroatoms. The highest BCUT2D eigenvalue weighted by molar-refractivity contribution is 7.89. The van der Waals surface area contributed by atoms with Crippen LogP contribution in [-0.4, -0.2) is 69.2 Å². The summed E-state index contributed by atoms with van der Waals surface area (Å²) in [6, 6.07) is 6.82. The molecule has 0 spiro atoms. The summed E-state index contributed by atoms with van der Waals surface area (Å²) in [6.07, 6.45) is 1.48. The third-order valence-electron chi connectivity index (χ3n) is 5.20. The van der Waals surface area contributed by atoms with Gasteiger partial charge in [-0.3, -0.25) is 14.9 Å². The number of nitro groups is 1. The first-order valence-corrected chi connectivity index (χ1v) is 11.0. The van der Waals surface area contributed by atoms with Gasteiger partial charge in [0.1, 0.15) is 5.56 Å². The Hall–Kier alpha value is -3.38. The molecule has 0 unspecified atom stereocenters. The Morgan fingerprint density at radius 1 is 1.13 bits per heavy atom. The van der Waals surface area contributed by atoms with Crippen molar-refractivity contribution >= 4 is 27.3 Å². The van der Waals surface area contributed by atoms with E-state index in [4.69, 9.17) is 0 Å². The summed E-state index contributed by atoms with van der Waals surface area (Å²) >= 11 is 0. The summed E-state index contributed by atoms with van der Waals surface area (Å²) < 4.78 is 28.6. The van der Waals surface area contributed by atoms with Gasteiger partial charge in [-0.15, -0.1) is 0 Å². The summed E-state index contributed by atoms with van der Waals surface area (Å²) in [5.41, 5.74) is 2.17. The molecule has 0 radical (unpaired) electrons. The van der Waals surface area contributed by atoms with Crippen LogP contribution in [0.2, 0.25) is 0 Å². The molecule has 162 valence electrons. The van der Waals surface area contributed by atoms with Gasteiger partial charge in [-0.2, -0.15) is 9.40 Å². The molecule has 0 saturated carbocycles. The van der Waals surface area contributed by atoms with Crippen molar-refractivity contribution in [2.75, 3.05) is 26.2 Å². The van der Waals surface area contributed by atoms with Crippen LogP contribution in [0.5, 0.6) is 0 Å². The Morgan fingerprint density at radius 2 is 1.84 bits per heavy atom. The molecule has 3 aromatic rings. The van der Waals surface area contributed by atoms with Crippen LogP contribution >= 0.6 is 0 Å². The molecule has 31 heavy (non-hydrogen) atoms. The standard InChI is InChI=1S/C19H20N6O5S/c1-13-10-14(2)24-18(21-13)17(12-20-24)19(26)22-6-8-23(9-7-22)31(29,30)16-5-3-4-15(11-16)25(27)28/h3-5,10-12H,6-9H2,1-2H3. The minimum Gasteiger partial charge on any atom is -0.336 e. The van der Waals surface area contributed by atoms with Crippen LogP contribution in [-0.2, 0) is 10.0 Å². The zero-order valence-electron chi connectivity index (χ0n) is 16.9. The Labute approximate surface area is 178 Å². The number of nitro benzene ring substituents is 1. The fourth-order valence-electron chi connectivity index (χ4n) is 3.63. The minimum absolute atomic E-state index is 0.0848. The average Bonchev–Trinajstić information content (AvgIpc) is 3.17. The molecule has 0 bridgehead atoms. The molecule has 2 aromatic heterocycles. The number of hydrogen-bond donors (Lipinski definition) is 0. The molecule has 1 aromatic carbocycles. The van der Waals surface area contributed by atoms with E-state index in [1.807, 2.05) is 19.9 Å². The summed E-state index contributed by atoms with van der Waals surface area (Å²) in [7, 11) is -3.90. The van der Waals surface area contributed by atoms with Gasteiger partial charge in [0.05, 0.1) is 16.0 Å². The Bertz CT molecular complexity index is 1290. The van der Waals surface area contributed by atoms with Gasteiger partial charge in [0, 0.05) is 49.7 Å². The lowest BCUT2D eigenvalue weighted by Crippen LogP contribution is -2.50. The zero-order valence-corrected chi connectivity index (χ0v) is 17.7. The highest BCUT2D eigenvalue weighted by atomic mass is 32.2. The number of piperazine rings is 1. The number of carbonyl (C=O) groups excluding carboxylic acids is 1. The highest BCUT2D eigenvalue weighted by Gasteiger charge is 2.32. The highest BCUT2D eigenvalue weighted by Crippen LogP contribution is 2.23. The van der Waals surface area contributed by atoms with E-state index in [1.165, 1.54) is 28.7 Å². The van der Waals surface area contributed by atoms with E-state index in [0.29, 0.717) is 11.2 Å². The molecule has 1 amide bonds. The second-order valence-electron chi connectivity index (χ2n) is 7.28.